The first-order valence-electron chi connectivity index (χ1n) is 2.92. The molecule has 3 heteroatoms. The lowest BCUT2D eigenvalue weighted by atomic mass is 10.3. The van der Waals surface area contributed by atoms with Crippen molar-refractivity contribution in [3.63, 3.8) is 0 Å². The predicted octanol–water partition coefficient (Wildman–Crippen LogP) is 0.957. The van der Waals surface area contributed by atoms with Crippen LogP contribution in [0.25, 0.3) is 0 Å². The van der Waals surface area contributed by atoms with E-state index in [0.717, 1.165) is 12.8 Å². The molecule has 0 heterocycles. The zero-order valence-corrected chi connectivity index (χ0v) is 5.64. The van der Waals surface area contributed by atoms with Crippen molar-refractivity contribution in [3.8, 4) is 0 Å². The second-order valence-electron chi connectivity index (χ2n) is 1.63. The molecular weight excluding hydrogens is 118 g/mol. The minimum absolute atomic E-state index is 0.372. The zero-order chi connectivity index (χ0) is 7.11. The first kappa shape index (κ1) is 8.27. The maximum absolute atomic E-state index is 10.3. The van der Waals surface area contributed by atoms with Crippen LogP contribution in [0.15, 0.2) is 0 Å². The van der Waals surface area contributed by atoms with Crippen LogP contribution in [0, 0.1) is 6.92 Å². The summed E-state index contributed by atoms with van der Waals surface area (Å²) in [4.78, 5) is 10.3. The molecule has 9 heavy (non-hydrogen) atoms. The summed E-state index contributed by atoms with van der Waals surface area (Å²) in [6, 6.07) is 0. The minimum Gasteiger partial charge on any atom is -0.453 e. The highest BCUT2D eigenvalue weighted by Crippen LogP contribution is 1.81. The summed E-state index contributed by atoms with van der Waals surface area (Å²) >= 11 is 0. The minimum atomic E-state index is -0.372. The summed E-state index contributed by atoms with van der Waals surface area (Å²) in [5.74, 6) is 0. The summed E-state index contributed by atoms with van der Waals surface area (Å²) in [6.45, 7) is 4.27. The molecule has 0 spiro atoms. The number of carbonyl (C=O) groups excluding carboxylic acids is 1. The van der Waals surface area contributed by atoms with E-state index in [9.17, 15) is 4.79 Å². The van der Waals surface area contributed by atoms with Gasteiger partial charge in [-0.3, -0.25) is 0 Å². The van der Waals surface area contributed by atoms with Crippen molar-refractivity contribution in [3.05, 3.63) is 6.92 Å². The van der Waals surface area contributed by atoms with E-state index >= 15 is 0 Å². The van der Waals surface area contributed by atoms with Gasteiger partial charge in [0.25, 0.3) is 0 Å². The standard InChI is InChI=1S/C6H12NO2/c1-3-4-5-7-6(8)9-2/h1,3-5H2,2H3,(H,7,8). The normalized spacial score (nSPS) is 8.67. The molecule has 0 saturated heterocycles. The fraction of sp³-hybridized carbons (Fsp3) is 0.667. The number of nitrogens with one attached hydrogen (secondary N) is 1. The Labute approximate surface area is 55.4 Å². The van der Waals surface area contributed by atoms with Crippen LogP contribution >= 0.6 is 0 Å². The number of rotatable bonds is 3. The van der Waals surface area contributed by atoms with Crippen LogP contribution in [0.3, 0.4) is 0 Å². The van der Waals surface area contributed by atoms with Gasteiger partial charge in [0.2, 0.25) is 0 Å². The van der Waals surface area contributed by atoms with E-state index in [1.807, 2.05) is 0 Å². The number of hydrogen-bond acceptors (Lipinski definition) is 2. The summed E-state index contributed by atoms with van der Waals surface area (Å²) in [5.41, 5.74) is 0. The largest absolute Gasteiger partial charge is 0.453 e. The van der Waals surface area contributed by atoms with E-state index in [1.165, 1.54) is 7.11 Å². The van der Waals surface area contributed by atoms with Gasteiger partial charge in [-0.15, -0.1) is 0 Å². The van der Waals surface area contributed by atoms with Gasteiger partial charge in [0.05, 0.1) is 7.11 Å². The Balaban J connectivity index is 2.97. The molecule has 53 valence electrons. The van der Waals surface area contributed by atoms with E-state index in [2.05, 4.69) is 17.0 Å². The number of alkyl carbamates (subject to hydrolysis) is 1. The quantitative estimate of drug-likeness (QED) is 0.578. The number of ether oxygens (including phenoxy) is 1. The topological polar surface area (TPSA) is 38.3 Å². The highest BCUT2D eigenvalue weighted by molar-refractivity contribution is 5.66. The molecule has 1 N–H and O–H groups in total. The molecule has 0 aliphatic heterocycles. The molecule has 0 rings (SSSR count). The molecule has 1 amide bonds. The molecule has 0 aliphatic carbocycles. The van der Waals surface area contributed by atoms with Crippen molar-refractivity contribution in [1.29, 1.82) is 0 Å². The maximum atomic E-state index is 10.3. The highest BCUT2D eigenvalue weighted by atomic mass is 16.5. The third-order valence-electron chi connectivity index (χ3n) is 0.882. The molecule has 0 aromatic rings. The highest BCUT2D eigenvalue weighted by Gasteiger charge is 1.93. The SMILES string of the molecule is [CH2]CCCNC(=O)OC. The lowest BCUT2D eigenvalue weighted by molar-refractivity contribution is 0.171. The van der Waals surface area contributed by atoms with Crippen LogP contribution in [0.5, 0.6) is 0 Å². The van der Waals surface area contributed by atoms with E-state index in [-0.39, 0.29) is 6.09 Å². The monoisotopic (exact) mass is 130 g/mol. The molecule has 0 aromatic heterocycles. The third kappa shape index (κ3) is 5.14. The second kappa shape index (κ2) is 5.41. The van der Waals surface area contributed by atoms with E-state index < -0.39 is 0 Å². The van der Waals surface area contributed by atoms with Gasteiger partial charge in [-0.25, -0.2) is 4.79 Å². The molecule has 0 fully saturated rings. The number of hydrogen-bond donors (Lipinski definition) is 1. The van der Waals surface area contributed by atoms with Gasteiger partial charge in [0, 0.05) is 6.54 Å². The molecule has 0 saturated carbocycles. The van der Waals surface area contributed by atoms with Crippen LogP contribution in [0.2, 0.25) is 0 Å². The van der Waals surface area contributed by atoms with Crippen molar-refractivity contribution in [2.75, 3.05) is 13.7 Å². The van der Waals surface area contributed by atoms with Gasteiger partial charge in [-0.1, -0.05) is 13.3 Å². The van der Waals surface area contributed by atoms with Crippen molar-refractivity contribution < 1.29 is 9.53 Å². The summed E-state index contributed by atoms with van der Waals surface area (Å²) in [7, 11) is 1.35. The van der Waals surface area contributed by atoms with Gasteiger partial charge < -0.3 is 10.1 Å². The Bertz CT molecular complexity index is 83.1. The number of methoxy groups -OCH3 is 1. The van der Waals surface area contributed by atoms with E-state index in [0.29, 0.717) is 6.54 Å². The molecule has 0 atom stereocenters. The Morgan fingerprint density at radius 1 is 1.78 bits per heavy atom. The van der Waals surface area contributed by atoms with Crippen LogP contribution in [0.1, 0.15) is 12.8 Å². The first-order chi connectivity index (χ1) is 4.31. The lowest BCUT2D eigenvalue weighted by Gasteiger charge is -1.99. The van der Waals surface area contributed by atoms with Gasteiger partial charge in [-0.05, 0) is 6.42 Å². The number of unbranched alkanes of at least 4 members (excludes halogenated alkanes) is 1. The van der Waals surface area contributed by atoms with Gasteiger partial charge in [-0.2, -0.15) is 0 Å². The molecule has 0 unspecified atom stereocenters. The Morgan fingerprint density at radius 2 is 2.44 bits per heavy atom. The zero-order valence-electron chi connectivity index (χ0n) is 5.64. The third-order valence-corrected chi connectivity index (χ3v) is 0.882. The van der Waals surface area contributed by atoms with Crippen molar-refractivity contribution >= 4 is 6.09 Å². The van der Waals surface area contributed by atoms with E-state index in [4.69, 9.17) is 0 Å². The van der Waals surface area contributed by atoms with Gasteiger partial charge >= 0.3 is 6.09 Å². The second-order valence-corrected chi connectivity index (χ2v) is 1.63. The van der Waals surface area contributed by atoms with Crippen molar-refractivity contribution in [1.82, 2.24) is 5.32 Å². The van der Waals surface area contributed by atoms with Crippen LogP contribution < -0.4 is 5.32 Å². The number of amides is 1. The fourth-order valence-corrected chi connectivity index (χ4v) is 0.388. The summed E-state index contributed by atoms with van der Waals surface area (Å²) in [5, 5.41) is 2.53. The molecular formula is C6H12NO2. The first-order valence-corrected chi connectivity index (χ1v) is 2.92. The Hall–Kier alpha value is -0.730. The summed E-state index contributed by atoms with van der Waals surface area (Å²) < 4.78 is 4.33. The molecule has 0 aromatic carbocycles. The van der Waals surface area contributed by atoms with Gasteiger partial charge in [0.1, 0.15) is 0 Å². The van der Waals surface area contributed by atoms with Crippen molar-refractivity contribution in [2.24, 2.45) is 0 Å². The van der Waals surface area contributed by atoms with Gasteiger partial charge in [0.15, 0.2) is 0 Å². The summed E-state index contributed by atoms with van der Waals surface area (Å²) in [6.07, 6.45) is 1.36. The Morgan fingerprint density at radius 3 is 2.89 bits per heavy atom. The lowest BCUT2D eigenvalue weighted by Crippen LogP contribution is -2.23. The Kier molecular flexibility index (Phi) is 4.97. The van der Waals surface area contributed by atoms with Crippen LogP contribution in [-0.4, -0.2) is 19.7 Å². The van der Waals surface area contributed by atoms with Crippen LogP contribution in [0.4, 0.5) is 4.79 Å². The molecule has 0 bridgehead atoms. The smallest absolute Gasteiger partial charge is 0.406 e. The average Bonchev–Trinajstić information content (AvgIpc) is 1.89. The van der Waals surface area contributed by atoms with E-state index in [1.54, 1.807) is 0 Å². The molecule has 0 aliphatic rings. The maximum Gasteiger partial charge on any atom is 0.406 e. The molecule has 1 radical (unpaired) electrons. The number of carbonyl (C=O) groups is 1. The fourth-order valence-electron chi connectivity index (χ4n) is 0.388. The molecule has 3 nitrogen and oxygen atoms in total. The van der Waals surface area contributed by atoms with Crippen molar-refractivity contribution in [2.45, 2.75) is 12.8 Å². The predicted molar refractivity (Wildman–Crippen MR) is 35.0 cm³/mol. The average molecular weight is 130 g/mol. The van der Waals surface area contributed by atoms with Crippen LogP contribution in [-0.2, 0) is 4.74 Å².